The number of nitrogens with zero attached hydrogens (tertiary/aromatic N) is 1. The maximum Gasteiger partial charge on any atom is 0.221 e. The molecule has 3 aromatic rings. The number of amides is 1. The fraction of sp³-hybridized carbons (Fsp3) is 0.200. The molecule has 24 heavy (non-hydrogen) atoms. The van der Waals surface area contributed by atoms with Gasteiger partial charge in [0.1, 0.15) is 5.82 Å². The molecule has 0 radical (unpaired) electrons. The summed E-state index contributed by atoms with van der Waals surface area (Å²) in [5.41, 5.74) is 4.51. The standard InChI is InChI=1S/C20H19N3O/c1-13(24)21-16-8-10-18-15(12-16)7-11-20(22-18)23-19-9-6-14-4-2-3-5-17(14)19/h2-5,7-8,10-12,19H,6,9H2,1H3,(H,21,24)(H,22,23). The molecule has 0 spiro atoms. The van der Waals surface area contributed by atoms with Crippen molar-refractivity contribution in [1.29, 1.82) is 0 Å². The Balaban J connectivity index is 1.58. The molecule has 1 amide bonds. The van der Waals surface area contributed by atoms with E-state index in [9.17, 15) is 4.79 Å². The van der Waals surface area contributed by atoms with E-state index in [0.717, 1.165) is 35.2 Å². The van der Waals surface area contributed by atoms with Gasteiger partial charge >= 0.3 is 0 Å². The highest BCUT2D eigenvalue weighted by atomic mass is 16.1. The molecule has 4 nitrogen and oxygen atoms in total. The number of anilines is 2. The van der Waals surface area contributed by atoms with Crippen LogP contribution in [0.2, 0.25) is 0 Å². The van der Waals surface area contributed by atoms with Gasteiger partial charge in [-0.1, -0.05) is 24.3 Å². The lowest BCUT2D eigenvalue weighted by molar-refractivity contribution is -0.114. The van der Waals surface area contributed by atoms with E-state index in [0.29, 0.717) is 6.04 Å². The van der Waals surface area contributed by atoms with Crippen molar-refractivity contribution in [2.24, 2.45) is 0 Å². The zero-order valence-electron chi connectivity index (χ0n) is 13.5. The van der Waals surface area contributed by atoms with Crippen LogP contribution in [0.5, 0.6) is 0 Å². The second kappa shape index (κ2) is 5.96. The molecule has 1 unspecified atom stereocenters. The first-order valence-electron chi connectivity index (χ1n) is 8.22. The number of benzene rings is 2. The maximum atomic E-state index is 11.2. The summed E-state index contributed by atoms with van der Waals surface area (Å²) in [4.78, 5) is 15.9. The van der Waals surface area contributed by atoms with Crippen molar-refractivity contribution in [1.82, 2.24) is 4.98 Å². The minimum Gasteiger partial charge on any atom is -0.363 e. The zero-order valence-corrected chi connectivity index (χ0v) is 13.5. The summed E-state index contributed by atoms with van der Waals surface area (Å²) >= 11 is 0. The van der Waals surface area contributed by atoms with Gasteiger partial charge in [0.25, 0.3) is 0 Å². The monoisotopic (exact) mass is 317 g/mol. The molecule has 1 heterocycles. The molecule has 1 atom stereocenters. The smallest absolute Gasteiger partial charge is 0.221 e. The zero-order chi connectivity index (χ0) is 16.5. The number of pyridine rings is 1. The number of hydrogen-bond acceptors (Lipinski definition) is 3. The van der Waals surface area contributed by atoms with E-state index < -0.39 is 0 Å². The summed E-state index contributed by atoms with van der Waals surface area (Å²) in [6.07, 6.45) is 2.21. The number of hydrogen-bond donors (Lipinski definition) is 2. The molecule has 1 aliphatic rings. The van der Waals surface area contributed by atoms with Gasteiger partial charge in [0.2, 0.25) is 5.91 Å². The van der Waals surface area contributed by atoms with Crippen molar-refractivity contribution in [3.05, 3.63) is 65.7 Å². The molecule has 0 saturated heterocycles. The molecule has 0 aliphatic heterocycles. The van der Waals surface area contributed by atoms with Crippen LogP contribution >= 0.6 is 0 Å². The molecular formula is C20H19N3O. The van der Waals surface area contributed by atoms with Crippen LogP contribution in [0.25, 0.3) is 10.9 Å². The van der Waals surface area contributed by atoms with E-state index in [2.05, 4.69) is 34.9 Å². The molecule has 0 fully saturated rings. The molecule has 0 bridgehead atoms. The molecule has 1 aromatic heterocycles. The molecule has 4 rings (SSSR count). The van der Waals surface area contributed by atoms with Crippen LogP contribution in [0, 0.1) is 0 Å². The first-order chi connectivity index (χ1) is 11.7. The Kier molecular flexibility index (Phi) is 3.65. The SMILES string of the molecule is CC(=O)Nc1ccc2nc(NC3CCc4ccccc43)ccc2c1. The second-order valence-corrected chi connectivity index (χ2v) is 6.22. The van der Waals surface area contributed by atoms with Crippen LogP contribution in [-0.2, 0) is 11.2 Å². The minimum absolute atomic E-state index is 0.0690. The Morgan fingerprint density at radius 1 is 1.12 bits per heavy atom. The van der Waals surface area contributed by atoms with Crippen molar-refractivity contribution in [3.8, 4) is 0 Å². The Bertz CT molecular complexity index is 920. The van der Waals surface area contributed by atoms with Gasteiger partial charge in [-0.3, -0.25) is 4.79 Å². The van der Waals surface area contributed by atoms with Crippen molar-refractivity contribution in [2.75, 3.05) is 10.6 Å². The van der Waals surface area contributed by atoms with Gasteiger partial charge in [0.15, 0.2) is 0 Å². The highest BCUT2D eigenvalue weighted by molar-refractivity contribution is 5.92. The van der Waals surface area contributed by atoms with E-state index in [-0.39, 0.29) is 5.91 Å². The first kappa shape index (κ1) is 14.7. The lowest BCUT2D eigenvalue weighted by Gasteiger charge is -2.15. The van der Waals surface area contributed by atoms with Crippen molar-refractivity contribution in [3.63, 3.8) is 0 Å². The number of rotatable bonds is 3. The predicted octanol–water partition coefficient (Wildman–Crippen LogP) is 4.29. The predicted molar refractivity (Wildman–Crippen MR) is 97.2 cm³/mol. The van der Waals surface area contributed by atoms with Crippen molar-refractivity contribution < 1.29 is 4.79 Å². The number of nitrogens with one attached hydrogen (secondary N) is 2. The molecule has 0 saturated carbocycles. The molecular weight excluding hydrogens is 298 g/mol. The third-order valence-corrected chi connectivity index (χ3v) is 4.46. The summed E-state index contributed by atoms with van der Waals surface area (Å²) in [5.74, 6) is 0.817. The van der Waals surface area contributed by atoms with E-state index in [4.69, 9.17) is 4.98 Å². The minimum atomic E-state index is -0.0690. The topological polar surface area (TPSA) is 54.0 Å². The summed E-state index contributed by atoms with van der Waals surface area (Å²) in [7, 11) is 0. The number of aromatic nitrogens is 1. The third-order valence-electron chi connectivity index (χ3n) is 4.46. The van der Waals surface area contributed by atoms with Gasteiger partial charge < -0.3 is 10.6 Å². The summed E-state index contributed by atoms with van der Waals surface area (Å²) in [6, 6.07) is 18.7. The fourth-order valence-electron chi connectivity index (χ4n) is 3.37. The second-order valence-electron chi connectivity index (χ2n) is 6.22. The summed E-state index contributed by atoms with van der Waals surface area (Å²) in [5, 5.41) is 7.37. The van der Waals surface area contributed by atoms with Crippen LogP contribution < -0.4 is 10.6 Å². The van der Waals surface area contributed by atoms with E-state index in [1.165, 1.54) is 18.1 Å². The fourth-order valence-corrected chi connectivity index (χ4v) is 3.37. The number of fused-ring (bicyclic) bond motifs is 2. The average molecular weight is 317 g/mol. The van der Waals surface area contributed by atoms with Crippen LogP contribution in [0.15, 0.2) is 54.6 Å². The summed E-state index contributed by atoms with van der Waals surface area (Å²) in [6.45, 7) is 1.51. The van der Waals surface area contributed by atoms with Crippen LogP contribution in [0.4, 0.5) is 11.5 Å². The molecule has 2 aromatic carbocycles. The number of aryl methyl sites for hydroxylation is 1. The Labute approximate surface area is 140 Å². The summed E-state index contributed by atoms with van der Waals surface area (Å²) < 4.78 is 0. The van der Waals surface area contributed by atoms with Gasteiger partial charge in [-0.15, -0.1) is 0 Å². The van der Waals surface area contributed by atoms with E-state index in [1.807, 2.05) is 30.3 Å². The van der Waals surface area contributed by atoms with Crippen molar-refractivity contribution in [2.45, 2.75) is 25.8 Å². The first-order valence-corrected chi connectivity index (χ1v) is 8.22. The van der Waals surface area contributed by atoms with E-state index in [1.54, 1.807) is 0 Å². The van der Waals surface area contributed by atoms with Gasteiger partial charge in [0, 0.05) is 18.0 Å². The van der Waals surface area contributed by atoms with Crippen LogP contribution in [-0.4, -0.2) is 10.9 Å². The average Bonchev–Trinajstić information content (AvgIpc) is 2.98. The molecule has 120 valence electrons. The van der Waals surface area contributed by atoms with Gasteiger partial charge in [-0.25, -0.2) is 4.98 Å². The highest BCUT2D eigenvalue weighted by Gasteiger charge is 2.21. The lowest BCUT2D eigenvalue weighted by Crippen LogP contribution is -2.08. The molecule has 4 heteroatoms. The van der Waals surface area contributed by atoms with E-state index >= 15 is 0 Å². The Hall–Kier alpha value is -2.88. The normalized spacial score (nSPS) is 16.0. The van der Waals surface area contributed by atoms with Gasteiger partial charge in [-0.2, -0.15) is 0 Å². The highest BCUT2D eigenvalue weighted by Crippen LogP contribution is 2.33. The number of carbonyl (C=O) groups excluding carboxylic acids is 1. The molecule has 2 N–H and O–H groups in total. The van der Waals surface area contributed by atoms with Crippen LogP contribution in [0.3, 0.4) is 0 Å². The van der Waals surface area contributed by atoms with Crippen molar-refractivity contribution >= 4 is 28.3 Å². The maximum absolute atomic E-state index is 11.2. The molecule has 1 aliphatic carbocycles. The quantitative estimate of drug-likeness (QED) is 0.757. The Morgan fingerprint density at radius 3 is 2.88 bits per heavy atom. The van der Waals surface area contributed by atoms with Gasteiger partial charge in [0.05, 0.1) is 11.6 Å². The number of carbonyl (C=O) groups is 1. The van der Waals surface area contributed by atoms with Crippen LogP contribution in [0.1, 0.15) is 30.5 Å². The third kappa shape index (κ3) is 2.83. The largest absolute Gasteiger partial charge is 0.363 e. The lowest BCUT2D eigenvalue weighted by atomic mass is 10.1. The van der Waals surface area contributed by atoms with Gasteiger partial charge in [-0.05, 0) is 54.3 Å². The Morgan fingerprint density at radius 2 is 2.00 bits per heavy atom.